The van der Waals surface area contributed by atoms with Crippen molar-refractivity contribution in [1.29, 1.82) is 0 Å². The van der Waals surface area contributed by atoms with Crippen LogP contribution >= 0.6 is 0 Å². The van der Waals surface area contributed by atoms with Gasteiger partial charge in [0.2, 0.25) is 17.4 Å². The molecule has 5 heteroatoms. The molecule has 0 amide bonds. The first kappa shape index (κ1) is 17.2. The van der Waals surface area contributed by atoms with E-state index in [2.05, 4.69) is 0 Å². The summed E-state index contributed by atoms with van der Waals surface area (Å²) in [5.74, 6) is -1.14. The van der Waals surface area contributed by atoms with E-state index in [1.54, 1.807) is 12.1 Å². The summed E-state index contributed by atoms with van der Waals surface area (Å²) in [5.41, 5.74) is 6.90. The zero-order chi connectivity index (χ0) is 17.7. The third kappa shape index (κ3) is 3.00. The molecule has 2 rings (SSSR count). The molecule has 0 spiro atoms. The second-order valence-corrected chi connectivity index (χ2v) is 8.04. The van der Waals surface area contributed by atoms with Gasteiger partial charge in [0.15, 0.2) is 6.10 Å². The van der Waals surface area contributed by atoms with Gasteiger partial charge in [-0.25, -0.2) is 0 Å². The standard InChI is InChI=1S/C18H25NO4/c1-17(2,3)10-7-9(8-11(12(10)20)18(4,5)6)15-13(21)14(22)16(19)23-15/h7-8,15,20,22H,19H2,1-6H3/t15-/m0/s1. The monoisotopic (exact) mass is 319 g/mol. The van der Waals surface area contributed by atoms with Crippen LogP contribution in [0.1, 0.15) is 64.3 Å². The lowest BCUT2D eigenvalue weighted by Gasteiger charge is -2.29. The van der Waals surface area contributed by atoms with E-state index in [4.69, 9.17) is 10.5 Å². The Morgan fingerprint density at radius 2 is 1.43 bits per heavy atom. The number of hydrogen-bond acceptors (Lipinski definition) is 5. The topological polar surface area (TPSA) is 92.8 Å². The molecule has 0 saturated heterocycles. The highest BCUT2D eigenvalue weighted by Crippen LogP contribution is 2.42. The third-order valence-electron chi connectivity index (χ3n) is 4.00. The van der Waals surface area contributed by atoms with Gasteiger partial charge in [-0.15, -0.1) is 0 Å². The van der Waals surface area contributed by atoms with Gasteiger partial charge >= 0.3 is 0 Å². The number of benzene rings is 1. The number of hydrogen-bond donors (Lipinski definition) is 3. The smallest absolute Gasteiger partial charge is 0.247 e. The molecule has 4 N–H and O–H groups in total. The Kier molecular flexibility index (Phi) is 3.87. The molecular weight excluding hydrogens is 294 g/mol. The van der Waals surface area contributed by atoms with Crippen LogP contribution in [-0.2, 0) is 20.4 Å². The number of ketones is 1. The van der Waals surface area contributed by atoms with Gasteiger partial charge in [0, 0.05) is 5.56 Å². The predicted octanol–water partition coefficient (Wildman–Crippen LogP) is 3.31. The quantitative estimate of drug-likeness (QED) is 0.738. The Morgan fingerprint density at radius 3 is 1.74 bits per heavy atom. The summed E-state index contributed by atoms with van der Waals surface area (Å²) in [5, 5.41) is 20.3. The van der Waals surface area contributed by atoms with Gasteiger partial charge in [-0.2, -0.15) is 0 Å². The maximum absolute atomic E-state index is 12.1. The zero-order valence-electron chi connectivity index (χ0n) is 14.5. The molecule has 0 saturated carbocycles. The van der Waals surface area contributed by atoms with Crippen molar-refractivity contribution in [2.75, 3.05) is 0 Å². The first-order valence-electron chi connectivity index (χ1n) is 7.61. The molecule has 1 heterocycles. The van der Waals surface area contributed by atoms with Crippen LogP contribution in [0.25, 0.3) is 0 Å². The fourth-order valence-corrected chi connectivity index (χ4v) is 2.65. The molecule has 1 atom stereocenters. The van der Waals surface area contributed by atoms with E-state index >= 15 is 0 Å². The van der Waals surface area contributed by atoms with Crippen molar-refractivity contribution in [3.05, 3.63) is 40.5 Å². The highest BCUT2D eigenvalue weighted by Gasteiger charge is 2.37. The van der Waals surface area contributed by atoms with Crippen molar-refractivity contribution >= 4 is 5.78 Å². The van der Waals surface area contributed by atoms with Gasteiger partial charge < -0.3 is 20.7 Å². The molecule has 1 aliphatic rings. The minimum Gasteiger partial charge on any atom is -0.507 e. The second kappa shape index (κ2) is 5.18. The van der Waals surface area contributed by atoms with Gasteiger partial charge in [-0.05, 0) is 34.1 Å². The van der Waals surface area contributed by atoms with Gasteiger partial charge in [0.1, 0.15) is 5.75 Å². The number of nitrogens with two attached hydrogens (primary N) is 1. The number of phenols is 1. The van der Waals surface area contributed by atoms with Crippen LogP contribution in [0.4, 0.5) is 0 Å². The molecular formula is C18H25NO4. The number of ether oxygens (including phenoxy) is 1. The van der Waals surface area contributed by atoms with Gasteiger partial charge in [-0.3, -0.25) is 4.79 Å². The fourth-order valence-electron chi connectivity index (χ4n) is 2.65. The van der Waals surface area contributed by atoms with E-state index in [9.17, 15) is 15.0 Å². The minimum absolute atomic E-state index is 0.226. The van der Waals surface area contributed by atoms with Crippen LogP contribution < -0.4 is 5.73 Å². The number of phenolic OH excluding ortho intramolecular Hbond substituents is 1. The number of Topliss-reactive ketones (excluding diaryl/α,β-unsaturated/α-hetero) is 1. The summed E-state index contributed by atoms with van der Waals surface area (Å²) in [4.78, 5) is 12.1. The highest BCUT2D eigenvalue weighted by atomic mass is 16.5. The van der Waals surface area contributed by atoms with Crippen molar-refractivity contribution in [3.63, 3.8) is 0 Å². The van der Waals surface area contributed by atoms with Crippen molar-refractivity contribution < 1.29 is 19.7 Å². The number of aliphatic hydroxyl groups excluding tert-OH is 1. The van der Waals surface area contributed by atoms with Crippen LogP contribution in [0.2, 0.25) is 0 Å². The number of aliphatic hydroxyl groups is 1. The van der Waals surface area contributed by atoms with E-state index in [0.717, 1.165) is 11.1 Å². The van der Waals surface area contributed by atoms with E-state index in [1.807, 2.05) is 41.5 Å². The predicted molar refractivity (Wildman–Crippen MR) is 88.2 cm³/mol. The Balaban J connectivity index is 2.65. The molecule has 5 nitrogen and oxygen atoms in total. The summed E-state index contributed by atoms with van der Waals surface area (Å²) in [7, 11) is 0. The van der Waals surface area contributed by atoms with E-state index in [0.29, 0.717) is 5.56 Å². The van der Waals surface area contributed by atoms with E-state index in [1.165, 1.54) is 0 Å². The molecule has 0 aliphatic carbocycles. The first-order valence-corrected chi connectivity index (χ1v) is 7.61. The second-order valence-electron chi connectivity index (χ2n) is 8.04. The summed E-state index contributed by atoms with van der Waals surface area (Å²) in [6, 6.07) is 3.50. The maximum Gasteiger partial charge on any atom is 0.247 e. The number of carbonyl (C=O) groups is 1. The van der Waals surface area contributed by atoms with Crippen LogP contribution in [0.5, 0.6) is 5.75 Å². The van der Waals surface area contributed by atoms with Gasteiger partial charge in [0.05, 0.1) is 0 Å². The third-order valence-corrected chi connectivity index (χ3v) is 4.00. The lowest BCUT2D eigenvalue weighted by atomic mass is 9.77. The molecule has 1 aromatic carbocycles. The highest BCUT2D eigenvalue weighted by molar-refractivity contribution is 5.99. The molecule has 0 bridgehead atoms. The zero-order valence-corrected chi connectivity index (χ0v) is 14.5. The lowest BCUT2D eigenvalue weighted by molar-refractivity contribution is -0.123. The van der Waals surface area contributed by atoms with Crippen LogP contribution in [0.15, 0.2) is 23.8 Å². The lowest BCUT2D eigenvalue weighted by Crippen LogP contribution is -2.20. The SMILES string of the molecule is CC(C)(C)c1cc([C@@H]2OC(N)=C(O)C2=O)cc(C(C)(C)C)c1O. The van der Waals surface area contributed by atoms with Crippen molar-refractivity contribution in [1.82, 2.24) is 0 Å². The summed E-state index contributed by atoms with van der Waals surface area (Å²) >= 11 is 0. The summed E-state index contributed by atoms with van der Waals surface area (Å²) in [6.45, 7) is 11.9. The number of carbonyl (C=O) groups excluding carboxylic acids is 1. The maximum atomic E-state index is 12.1. The average Bonchev–Trinajstić information content (AvgIpc) is 2.64. The Morgan fingerprint density at radius 1 is 1.00 bits per heavy atom. The number of aromatic hydroxyl groups is 1. The molecule has 1 aliphatic heterocycles. The van der Waals surface area contributed by atoms with E-state index in [-0.39, 0.29) is 22.5 Å². The fraction of sp³-hybridized carbons (Fsp3) is 0.500. The number of rotatable bonds is 1. The Labute approximate surface area is 136 Å². The summed E-state index contributed by atoms with van der Waals surface area (Å²) in [6.07, 6.45) is -0.974. The molecule has 1 aromatic rings. The van der Waals surface area contributed by atoms with Crippen molar-refractivity contribution in [2.45, 2.75) is 58.5 Å². The van der Waals surface area contributed by atoms with Gasteiger partial charge in [0.25, 0.3) is 0 Å². The molecule has 0 fully saturated rings. The molecule has 0 radical (unpaired) electrons. The molecule has 23 heavy (non-hydrogen) atoms. The molecule has 0 aromatic heterocycles. The Hall–Kier alpha value is -2.17. The largest absolute Gasteiger partial charge is 0.507 e. The van der Waals surface area contributed by atoms with Crippen LogP contribution in [-0.4, -0.2) is 16.0 Å². The van der Waals surface area contributed by atoms with Crippen molar-refractivity contribution in [2.24, 2.45) is 5.73 Å². The summed E-state index contributed by atoms with van der Waals surface area (Å²) < 4.78 is 5.32. The van der Waals surface area contributed by atoms with Crippen molar-refractivity contribution in [3.8, 4) is 5.75 Å². The van der Waals surface area contributed by atoms with Gasteiger partial charge in [-0.1, -0.05) is 41.5 Å². The molecule has 0 unspecified atom stereocenters. The van der Waals surface area contributed by atoms with Crippen LogP contribution in [0.3, 0.4) is 0 Å². The average molecular weight is 319 g/mol. The normalized spacial score (nSPS) is 19.2. The molecule has 126 valence electrons. The Bertz CT molecular complexity index is 655. The van der Waals surface area contributed by atoms with Crippen LogP contribution in [0, 0.1) is 0 Å². The minimum atomic E-state index is -0.974. The van der Waals surface area contributed by atoms with E-state index < -0.39 is 17.6 Å². The first-order chi connectivity index (χ1) is 10.3.